The van der Waals surface area contributed by atoms with Gasteiger partial charge in [-0.15, -0.1) is 11.3 Å². The van der Waals surface area contributed by atoms with Crippen LogP contribution < -0.4 is 5.32 Å². The fourth-order valence-corrected chi connectivity index (χ4v) is 4.54. The highest BCUT2D eigenvalue weighted by Gasteiger charge is 2.31. The minimum Gasteiger partial charge on any atom is -0.340 e. The van der Waals surface area contributed by atoms with Gasteiger partial charge in [-0.2, -0.15) is 0 Å². The molecule has 1 fully saturated rings. The molecule has 6 nitrogen and oxygen atoms in total. The van der Waals surface area contributed by atoms with Gasteiger partial charge in [0.2, 0.25) is 5.91 Å². The summed E-state index contributed by atoms with van der Waals surface area (Å²) in [6.45, 7) is 9.47. The first kappa shape index (κ1) is 23.0. The molecule has 1 N–H and O–H groups in total. The normalized spacial score (nSPS) is 16.0. The van der Waals surface area contributed by atoms with Gasteiger partial charge in [0.15, 0.2) is 0 Å². The smallest absolute Gasteiger partial charge is 0.253 e. The Kier molecular flexibility index (Phi) is 7.74. The van der Waals surface area contributed by atoms with Crippen molar-refractivity contribution in [2.75, 3.05) is 26.2 Å². The molecule has 1 atom stereocenters. The number of carbonyl (C=O) groups excluding carboxylic acids is 2. The summed E-state index contributed by atoms with van der Waals surface area (Å²) in [5.41, 5.74) is 1.38. The predicted molar refractivity (Wildman–Crippen MR) is 121 cm³/mol. The van der Waals surface area contributed by atoms with Crippen LogP contribution in [0.15, 0.2) is 23.6 Å². The maximum absolute atomic E-state index is 13.1. The third kappa shape index (κ3) is 5.72. The third-order valence-corrected chi connectivity index (χ3v) is 6.50. The first-order valence-electron chi connectivity index (χ1n) is 9.92. The van der Waals surface area contributed by atoms with Gasteiger partial charge in [-0.3, -0.25) is 14.5 Å². The second kappa shape index (κ2) is 10.1. The fourth-order valence-electron chi connectivity index (χ4n) is 3.44. The van der Waals surface area contributed by atoms with Gasteiger partial charge < -0.3 is 10.2 Å². The fraction of sp³-hybridized carbons (Fsp3) is 0.476. The number of halogens is 2. The quantitative estimate of drug-likeness (QED) is 0.698. The van der Waals surface area contributed by atoms with E-state index in [1.54, 1.807) is 23.5 Å². The molecule has 1 saturated heterocycles. The zero-order valence-electron chi connectivity index (χ0n) is 17.3. The number of aromatic nitrogens is 1. The summed E-state index contributed by atoms with van der Waals surface area (Å²) in [6, 6.07) is 4.09. The van der Waals surface area contributed by atoms with Crippen molar-refractivity contribution in [2.24, 2.45) is 5.92 Å². The summed E-state index contributed by atoms with van der Waals surface area (Å²) in [7, 11) is 0. The average Bonchev–Trinajstić information content (AvgIpc) is 3.10. The monoisotopic (exact) mass is 468 g/mol. The number of aryl methyl sites for hydroxylation is 1. The largest absolute Gasteiger partial charge is 0.340 e. The Morgan fingerprint density at radius 2 is 1.90 bits per heavy atom. The number of rotatable bonds is 6. The Balaban J connectivity index is 1.59. The lowest BCUT2D eigenvalue weighted by atomic mass is 10.0. The molecule has 1 aliphatic rings. The highest BCUT2D eigenvalue weighted by molar-refractivity contribution is 7.09. The molecule has 0 spiro atoms. The van der Waals surface area contributed by atoms with E-state index < -0.39 is 6.04 Å². The first-order chi connectivity index (χ1) is 14.2. The second-order valence-electron chi connectivity index (χ2n) is 7.78. The highest BCUT2D eigenvalue weighted by Crippen LogP contribution is 2.21. The molecule has 3 rings (SSSR count). The first-order valence-corrected chi connectivity index (χ1v) is 11.6. The molecule has 2 aromatic rings. The summed E-state index contributed by atoms with van der Waals surface area (Å²) >= 11 is 13.7. The van der Waals surface area contributed by atoms with Gasteiger partial charge in [-0.1, -0.05) is 37.0 Å². The summed E-state index contributed by atoms with van der Waals surface area (Å²) < 4.78 is 0. The van der Waals surface area contributed by atoms with E-state index in [2.05, 4.69) is 20.6 Å². The Morgan fingerprint density at radius 3 is 2.47 bits per heavy atom. The van der Waals surface area contributed by atoms with Gasteiger partial charge in [0.05, 0.1) is 21.3 Å². The summed E-state index contributed by atoms with van der Waals surface area (Å²) in [5.74, 6) is -0.489. The number of benzene rings is 1. The number of hydrogen-bond acceptors (Lipinski definition) is 5. The van der Waals surface area contributed by atoms with Crippen LogP contribution >= 0.6 is 34.5 Å². The van der Waals surface area contributed by atoms with Crippen LogP contribution in [0.4, 0.5) is 0 Å². The van der Waals surface area contributed by atoms with E-state index in [1.165, 1.54) is 6.07 Å². The minimum atomic E-state index is -0.614. The van der Waals surface area contributed by atoms with E-state index in [4.69, 9.17) is 23.2 Å². The van der Waals surface area contributed by atoms with Crippen molar-refractivity contribution < 1.29 is 9.59 Å². The molecule has 9 heteroatoms. The van der Waals surface area contributed by atoms with Crippen molar-refractivity contribution in [3.05, 3.63) is 49.9 Å². The van der Waals surface area contributed by atoms with Crippen molar-refractivity contribution in [1.82, 2.24) is 20.1 Å². The molecule has 30 heavy (non-hydrogen) atoms. The molecule has 0 aliphatic carbocycles. The molecule has 0 bridgehead atoms. The number of thiazole rings is 1. The maximum atomic E-state index is 13.1. The molecule has 1 aromatic heterocycles. The molecule has 1 aromatic carbocycles. The summed E-state index contributed by atoms with van der Waals surface area (Å²) in [4.78, 5) is 34.5. The number of nitrogens with zero attached hydrogens (tertiary/aromatic N) is 3. The van der Waals surface area contributed by atoms with Gasteiger partial charge >= 0.3 is 0 Å². The molecular weight excluding hydrogens is 443 g/mol. The van der Waals surface area contributed by atoms with Crippen molar-refractivity contribution in [3.8, 4) is 0 Å². The lowest BCUT2D eigenvalue weighted by molar-refractivity contribution is -0.136. The van der Waals surface area contributed by atoms with Crippen molar-refractivity contribution in [1.29, 1.82) is 0 Å². The average molecular weight is 469 g/mol. The van der Waals surface area contributed by atoms with Crippen LogP contribution in [0, 0.1) is 12.8 Å². The van der Waals surface area contributed by atoms with Crippen LogP contribution in [0.3, 0.4) is 0 Å². The van der Waals surface area contributed by atoms with Crippen LogP contribution in [0.1, 0.15) is 34.9 Å². The van der Waals surface area contributed by atoms with Crippen molar-refractivity contribution in [2.45, 2.75) is 33.4 Å². The van der Waals surface area contributed by atoms with Crippen molar-refractivity contribution >= 4 is 46.4 Å². The molecule has 0 saturated carbocycles. The van der Waals surface area contributed by atoms with E-state index in [0.29, 0.717) is 23.7 Å². The molecule has 1 unspecified atom stereocenters. The van der Waals surface area contributed by atoms with Crippen LogP contribution in [0.2, 0.25) is 10.0 Å². The van der Waals surface area contributed by atoms with Gasteiger partial charge in [0.1, 0.15) is 6.04 Å². The Morgan fingerprint density at radius 1 is 1.20 bits per heavy atom. The highest BCUT2D eigenvalue weighted by atomic mass is 35.5. The van der Waals surface area contributed by atoms with E-state index in [-0.39, 0.29) is 22.8 Å². The second-order valence-corrected chi connectivity index (χ2v) is 9.68. The maximum Gasteiger partial charge on any atom is 0.253 e. The lowest BCUT2D eigenvalue weighted by Crippen LogP contribution is -2.56. The zero-order chi connectivity index (χ0) is 21.8. The number of piperazine rings is 1. The molecule has 1 aliphatic heterocycles. The Labute approximate surface area is 191 Å². The number of amides is 2. The zero-order valence-corrected chi connectivity index (χ0v) is 19.7. The van der Waals surface area contributed by atoms with Gasteiger partial charge in [-0.25, -0.2) is 4.98 Å². The van der Waals surface area contributed by atoms with E-state index in [1.807, 2.05) is 25.7 Å². The van der Waals surface area contributed by atoms with Gasteiger partial charge in [0, 0.05) is 43.1 Å². The number of hydrogen-bond donors (Lipinski definition) is 1. The van der Waals surface area contributed by atoms with Crippen LogP contribution in [0.5, 0.6) is 0 Å². The minimum absolute atomic E-state index is 0.0523. The topological polar surface area (TPSA) is 65.5 Å². The van der Waals surface area contributed by atoms with Gasteiger partial charge in [0.25, 0.3) is 5.91 Å². The van der Waals surface area contributed by atoms with E-state index in [0.717, 1.165) is 30.3 Å². The SMILES string of the molecule is Cc1nc(CN2CCN(C(=O)C(NC(=O)c3ccc(Cl)cc3Cl)C(C)C)CC2)cs1. The predicted octanol–water partition coefficient (Wildman–Crippen LogP) is 3.86. The summed E-state index contributed by atoms with van der Waals surface area (Å²) in [5, 5.41) is 6.73. The van der Waals surface area contributed by atoms with Crippen LogP contribution in [-0.2, 0) is 11.3 Å². The van der Waals surface area contributed by atoms with E-state index >= 15 is 0 Å². The molecule has 0 radical (unpaired) electrons. The molecular formula is C21H26Cl2N4O2S. The van der Waals surface area contributed by atoms with Crippen molar-refractivity contribution in [3.63, 3.8) is 0 Å². The van der Waals surface area contributed by atoms with Gasteiger partial charge in [-0.05, 0) is 31.0 Å². The standard InChI is InChI=1S/C21H26Cl2N4O2S/c1-13(2)19(25-20(28)17-5-4-15(22)10-18(17)23)21(29)27-8-6-26(7-9-27)11-16-12-30-14(3)24-16/h4-5,10,12-13,19H,6-9,11H2,1-3H3,(H,25,28). The molecule has 2 amide bonds. The summed E-state index contributed by atoms with van der Waals surface area (Å²) in [6.07, 6.45) is 0. The Hall–Kier alpha value is -1.67. The lowest BCUT2D eigenvalue weighted by Gasteiger charge is -2.37. The molecule has 162 valence electrons. The van der Waals surface area contributed by atoms with Crippen LogP contribution in [0.25, 0.3) is 0 Å². The number of nitrogens with one attached hydrogen (secondary N) is 1. The Bertz CT molecular complexity index is 910. The third-order valence-electron chi connectivity index (χ3n) is 5.13. The van der Waals surface area contributed by atoms with Crippen LogP contribution in [-0.4, -0.2) is 58.8 Å². The number of carbonyl (C=O) groups is 2. The van der Waals surface area contributed by atoms with E-state index in [9.17, 15) is 9.59 Å². The molecule has 2 heterocycles.